The number of carbonyl (C=O) groups is 1. The molecule has 32 heavy (non-hydrogen) atoms. The van der Waals surface area contributed by atoms with Gasteiger partial charge in [-0.3, -0.25) is 0 Å². The highest BCUT2D eigenvalue weighted by Crippen LogP contribution is 2.50. The van der Waals surface area contributed by atoms with E-state index in [1.54, 1.807) is 0 Å². The van der Waals surface area contributed by atoms with Crippen LogP contribution in [0.3, 0.4) is 0 Å². The Kier molecular flexibility index (Phi) is 6.50. The topological polar surface area (TPSA) is 87.7 Å². The van der Waals surface area contributed by atoms with Crippen molar-refractivity contribution in [2.45, 2.75) is 43.4 Å². The van der Waals surface area contributed by atoms with Crippen molar-refractivity contribution in [1.82, 2.24) is 14.9 Å². The molecule has 9 heteroatoms. The van der Waals surface area contributed by atoms with Gasteiger partial charge in [0.1, 0.15) is 17.3 Å². The summed E-state index contributed by atoms with van der Waals surface area (Å²) in [5.41, 5.74) is 0.901. The van der Waals surface area contributed by atoms with E-state index in [1.807, 2.05) is 37.3 Å². The van der Waals surface area contributed by atoms with E-state index in [0.717, 1.165) is 18.4 Å². The normalized spacial score (nSPS) is 19.1. The zero-order valence-electron chi connectivity index (χ0n) is 18.0. The maximum atomic E-state index is 13.9. The maximum Gasteiger partial charge on any atom is 0.407 e. The fraction of sp³-hybridized carbons (Fsp3) is 0.435. The zero-order chi connectivity index (χ0) is 22.8. The highest BCUT2D eigenvalue weighted by atomic mass is 32.2. The first kappa shape index (κ1) is 22.7. The molecule has 2 aromatic carbocycles. The molecule has 2 fully saturated rings. The third-order valence-corrected chi connectivity index (χ3v) is 7.95. The number of halogens is 1. The Bertz CT molecular complexity index is 1050. The molecule has 2 N–H and O–H groups in total. The summed E-state index contributed by atoms with van der Waals surface area (Å²) in [5, 5.41) is 6.22. The van der Waals surface area contributed by atoms with Gasteiger partial charge in [0.15, 0.2) is 0 Å². The van der Waals surface area contributed by atoms with Gasteiger partial charge in [-0.15, -0.1) is 0 Å². The molecule has 1 saturated carbocycles. The first-order valence-corrected chi connectivity index (χ1v) is 12.2. The first-order valence-electron chi connectivity index (χ1n) is 10.7. The number of rotatable bonds is 8. The van der Waals surface area contributed by atoms with E-state index >= 15 is 0 Å². The molecule has 2 aliphatic rings. The number of hydrogen-bond acceptors (Lipinski definition) is 5. The Morgan fingerprint density at radius 1 is 1.16 bits per heavy atom. The lowest BCUT2D eigenvalue weighted by atomic mass is 9.61. The quantitative estimate of drug-likeness (QED) is 0.631. The van der Waals surface area contributed by atoms with Gasteiger partial charge in [-0.25, -0.2) is 17.6 Å². The molecule has 4 rings (SSSR count). The number of nitrogens with one attached hydrogen (secondary N) is 2. The van der Waals surface area contributed by atoms with Crippen molar-refractivity contribution in [3.8, 4) is 0 Å². The van der Waals surface area contributed by atoms with Crippen molar-refractivity contribution >= 4 is 16.1 Å². The lowest BCUT2D eigenvalue weighted by Gasteiger charge is -2.58. The van der Waals surface area contributed by atoms with E-state index in [9.17, 15) is 17.6 Å². The third-order valence-electron chi connectivity index (χ3n) is 6.12. The van der Waals surface area contributed by atoms with Gasteiger partial charge in [0.05, 0.1) is 0 Å². The van der Waals surface area contributed by atoms with E-state index in [2.05, 4.69) is 10.6 Å². The minimum Gasteiger partial charge on any atom is -0.445 e. The summed E-state index contributed by atoms with van der Waals surface area (Å²) in [6, 6.07) is 15.3. The molecule has 2 aromatic rings. The van der Waals surface area contributed by atoms with Crippen LogP contribution in [0.1, 0.15) is 25.3 Å². The number of carbonyl (C=O) groups excluding carboxylic acids is 1. The zero-order valence-corrected chi connectivity index (χ0v) is 18.8. The summed E-state index contributed by atoms with van der Waals surface area (Å²) in [7, 11) is -3.79. The van der Waals surface area contributed by atoms with Crippen LogP contribution < -0.4 is 10.6 Å². The van der Waals surface area contributed by atoms with Crippen LogP contribution in [0.15, 0.2) is 59.5 Å². The molecule has 0 radical (unpaired) electrons. The average Bonchev–Trinajstić information content (AvgIpc) is 2.72. The smallest absolute Gasteiger partial charge is 0.407 e. The van der Waals surface area contributed by atoms with Crippen LogP contribution in [0, 0.1) is 11.2 Å². The standard InChI is InChI=1S/C23H28FN3O4S/c1-17(13-25-22(28)31-14-18-7-3-2-4-8-18)26-19-11-23(12-19)15-27(16-23)32(29,30)21-10-6-5-9-20(21)24/h2-10,17,19,26H,11-16H2,1H3,(H,25,28). The number of alkyl carbamates (subject to hydrolysis) is 1. The molecule has 7 nitrogen and oxygen atoms in total. The van der Waals surface area contributed by atoms with Gasteiger partial charge in [0.25, 0.3) is 0 Å². The molecule has 1 atom stereocenters. The van der Waals surface area contributed by atoms with Crippen molar-refractivity contribution in [3.05, 3.63) is 66.0 Å². The molecule has 172 valence electrons. The Morgan fingerprint density at radius 2 is 1.81 bits per heavy atom. The molecule has 0 aromatic heterocycles. The van der Waals surface area contributed by atoms with Gasteiger partial charge in [-0.1, -0.05) is 42.5 Å². The molecule has 1 unspecified atom stereocenters. The minimum absolute atomic E-state index is 0.0300. The van der Waals surface area contributed by atoms with E-state index < -0.39 is 21.9 Å². The molecule has 0 bridgehead atoms. The van der Waals surface area contributed by atoms with Crippen LogP contribution in [-0.2, 0) is 21.4 Å². The van der Waals surface area contributed by atoms with Crippen molar-refractivity contribution < 1.29 is 22.3 Å². The highest BCUT2D eigenvalue weighted by molar-refractivity contribution is 7.89. The molecular weight excluding hydrogens is 433 g/mol. The second kappa shape index (κ2) is 9.17. The van der Waals surface area contributed by atoms with Gasteiger partial charge in [-0.2, -0.15) is 4.31 Å². The monoisotopic (exact) mass is 461 g/mol. The van der Waals surface area contributed by atoms with Gasteiger partial charge >= 0.3 is 6.09 Å². The Hall–Kier alpha value is -2.49. The van der Waals surface area contributed by atoms with Crippen LogP contribution in [-0.4, -0.2) is 50.5 Å². The molecule has 1 amide bonds. The van der Waals surface area contributed by atoms with Crippen molar-refractivity contribution in [2.75, 3.05) is 19.6 Å². The summed E-state index contributed by atoms with van der Waals surface area (Å²) in [5.74, 6) is -0.717. The number of sulfonamides is 1. The molecule has 1 spiro atoms. The summed E-state index contributed by atoms with van der Waals surface area (Å²) < 4.78 is 45.7. The molecule has 1 aliphatic heterocycles. The first-order chi connectivity index (χ1) is 15.3. The van der Waals surface area contributed by atoms with Crippen LogP contribution in [0.4, 0.5) is 9.18 Å². The highest BCUT2D eigenvalue weighted by Gasteiger charge is 2.55. The average molecular weight is 462 g/mol. The van der Waals surface area contributed by atoms with Gasteiger partial charge in [-0.05, 0) is 37.5 Å². The maximum absolute atomic E-state index is 13.9. The fourth-order valence-electron chi connectivity index (χ4n) is 4.50. The third kappa shape index (κ3) is 4.95. The summed E-state index contributed by atoms with van der Waals surface area (Å²) in [6.45, 7) is 3.48. The Morgan fingerprint density at radius 3 is 2.50 bits per heavy atom. The van der Waals surface area contributed by atoms with Crippen molar-refractivity contribution in [1.29, 1.82) is 0 Å². The van der Waals surface area contributed by atoms with E-state index in [4.69, 9.17) is 4.74 Å². The number of amides is 1. The van der Waals surface area contributed by atoms with E-state index in [0.29, 0.717) is 19.6 Å². The molecule has 1 saturated heterocycles. The number of ether oxygens (including phenoxy) is 1. The SMILES string of the molecule is CC(CNC(=O)OCc1ccccc1)NC1CC2(C1)CN(S(=O)(=O)c1ccccc1F)C2. The summed E-state index contributed by atoms with van der Waals surface area (Å²) >= 11 is 0. The van der Waals surface area contributed by atoms with Crippen LogP contribution in [0.2, 0.25) is 0 Å². The number of nitrogens with zero attached hydrogens (tertiary/aromatic N) is 1. The summed E-state index contributed by atoms with van der Waals surface area (Å²) in [4.78, 5) is 11.6. The van der Waals surface area contributed by atoms with Crippen LogP contribution in [0.25, 0.3) is 0 Å². The Balaban J connectivity index is 1.15. The van der Waals surface area contributed by atoms with Gasteiger partial charge < -0.3 is 15.4 Å². The predicted octanol–water partition coefficient (Wildman–Crippen LogP) is 2.88. The number of hydrogen-bond donors (Lipinski definition) is 2. The Labute approximate surface area is 188 Å². The molecule has 1 aliphatic carbocycles. The molecular formula is C23H28FN3O4S. The van der Waals surface area contributed by atoms with Gasteiger partial charge in [0.2, 0.25) is 10.0 Å². The van der Waals surface area contributed by atoms with E-state index in [-0.39, 0.29) is 29.0 Å². The fourth-order valence-corrected chi connectivity index (χ4v) is 6.23. The second-order valence-corrected chi connectivity index (χ2v) is 10.7. The predicted molar refractivity (Wildman–Crippen MR) is 118 cm³/mol. The van der Waals surface area contributed by atoms with Crippen LogP contribution >= 0.6 is 0 Å². The van der Waals surface area contributed by atoms with Crippen molar-refractivity contribution in [3.63, 3.8) is 0 Å². The molecule has 1 heterocycles. The van der Waals surface area contributed by atoms with E-state index in [1.165, 1.54) is 28.6 Å². The lowest BCUT2D eigenvalue weighted by molar-refractivity contribution is -0.0362. The minimum atomic E-state index is -3.79. The second-order valence-electron chi connectivity index (χ2n) is 8.82. The summed E-state index contributed by atoms with van der Waals surface area (Å²) in [6.07, 6.45) is 1.26. The lowest BCUT2D eigenvalue weighted by Crippen LogP contribution is -2.67. The van der Waals surface area contributed by atoms with Crippen LogP contribution in [0.5, 0.6) is 0 Å². The number of benzene rings is 2. The van der Waals surface area contributed by atoms with Gasteiger partial charge in [0, 0.05) is 37.1 Å². The van der Waals surface area contributed by atoms with Crippen molar-refractivity contribution in [2.24, 2.45) is 5.41 Å². The largest absolute Gasteiger partial charge is 0.445 e.